The molecule has 4 nitrogen and oxygen atoms in total. The van der Waals surface area contributed by atoms with Gasteiger partial charge < -0.3 is 15.5 Å². The minimum Gasteiger partial charge on any atom is -0.397 e. The van der Waals surface area contributed by atoms with Crippen LogP contribution in [-0.4, -0.2) is 36.0 Å². The first-order valence-electron chi connectivity index (χ1n) is 8.76. The fourth-order valence-corrected chi connectivity index (χ4v) is 3.42. The lowest BCUT2D eigenvalue weighted by Gasteiger charge is -2.35. The average molecular weight is 317 g/mol. The van der Waals surface area contributed by atoms with Gasteiger partial charge in [-0.2, -0.15) is 0 Å². The molecule has 1 fully saturated rings. The molecule has 0 unspecified atom stereocenters. The number of nitrogens with two attached hydrogens (primary N) is 1. The first-order valence-corrected chi connectivity index (χ1v) is 8.76. The Hall–Kier alpha value is -1.71. The van der Waals surface area contributed by atoms with Crippen LogP contribution in [0.4, 0.5) is 11.4 Å². The molecule has 1 aliphatic heterocycles. The normalized spacial score (nSPS) is 15.0. The van der Waals surface area contributed by atoms with Crippen molar-refractivity contribution in [3.63, 3.8) is 0 Å². The topological polar surface area (TPSA) is 49.6 Å². The van der Waals surface area contributed by atoms with E-state index in [9.17, 15) is 4.79 Å². The lowest BCUT2D eigenvalue weighted by molar-refractivity contribution is -0.135. The van der Waals surface area contributed by atoms with Gasteiger partial charge in [-0.05, 0) is 64.7 Å². The van der Waals surface area contributed by atoms with Crippen molar-refractivity contribution in [1.29, 1.82) is 0 Å². The van der Waals surface area contributed by atoms with Crippen LogP contribution in [0.15, 0.2) is 18.2 Å². The molecule has 0 bridgehead atoms. The molecular weight excluding hydrogens is 286 g/mol. The van der Waals surface area contributed by atoms with E-state index in [2.05, 4.69) is 37.8 Å². The van der Waals surface area contributed by atoms with E-state index < -0.39 is 0 Å². The Balaban J connectivity index is 1.98. The molecule has 0 radical (unpaired) electrons. The van der Waals surface area contributed by atoms with E-state index in [1.165, 1.54) is 12.8 Å². The molecule has 23 heavy (non-hydrogen) atoms. The van der Waals surface area contributed by atoms with Gasteiger partial charge >= 0.3 is 0 Å². The second-order valence-electron chi connectivity index (χ2n) is 7.40. The Labute approximate surface area is 140 Å². The van der Waals surface area contributed by atoms with Crippen LogP contribution in [0.3, 0.4) is 0 Å². The monoisotopic (exact) mass is 317 g/mol. The molecule has 2 rings (SSSR count). The third kappa shape index (κ3) is 4.40. The molecule has 0 saturated carbocycles. The standard InChI is InChI=1S/C19H31N3O/c1-5-22(19(2,3)4)18(23)11-9-15-8-10-17(16(20)14-15)21-12-6-7-13-21/h8,10,14H,5-7,9,11-13,20H2,1-4H3. The van der Waals surface area contributed by atoms with Gasteiger partial charge in [0.2, 0.25) is 5.91 Å². The van der Waals surface area contributed by atoms with Gasteiger partial charge in [-0.3, -0.25) is 4.79 Å². The first kappa shape index (κ1) is 17.6. The van der Waals surface area contributed by atoms with Gasteiger partial charge in [0.1, 0.15) is 0 Å². The summed E-state index contributed by atoms with van der Waals surface area (Å²) in [5.41, 5.74) is 9.22. The maximum absolute atomic E-state index is 12.4. The Morgan fingerprint density at radius 3 is 2.43 bits per heavy atom. The maximum atomic E-state index is 12.4. The Kier molecular flexibility index (Phi) is 5.55. The minimum absolute atomic E-state index is 0.121. The molecule has 0 aliphatic carbocycles. The summed E-state index contributed by atoms with van der Waals surface area (Å²) in [6.45, 7) is 11.2. The van der Waals surface area contributed by atoms with Crippen molar-refractivity contribution in [3.05, 3.63) is 23.8 Å². The van der Waals surface area contributed by atoms with Gasteiger partial charge in [0.05, 0.1) is 11.4 Å². The number of aryl methyl sites for hydroxylation is 1. The van der Waals surface area contributed by atoms with Gasteiger partial charge in [0, 0.05) is 31.6 Å². The number of nitrogens with zero attached hydrogens (tertiary/aromatic N) is 2. The van der Waals surface area contributed by atoms with Crippen LogP contribution in [0.1, 0.15) is 52.5 Å². The summed E-state index contributed by atoms with van der Waals surface area (Å²) in [5.74, 6) is 0.210. The van der Waals surface area contributed by atoms with E-state index in [0.717, 1.165) is 43.0 Å². The molecular formula is C19H31N3O. The van der Waals surface area contributed by atoms with E-state index in [1.807, 2.05) is 17.9 Å². The van der Waals surface area contributed by atoms with E-state index in [-0.39, 0.29) is 11.4 Å². The molecule has 1 saturated heterocycles. The summed E-state index contributed by atoms with van der Waals surface area (Å²) < 4.78 is 0. The van der Waals surface area contributed by atoms with E-state index >= 15 is 0 Å². The number of carbonyl (C=O) groups is 1. The number of hydrogen-bond donors (Lipinski definition) is 1. The molecule has 0 spiro atoms. The predicted molar refractivity (Wildman–Crippen MR) is 97.8 cm³/mol. The van der Waals surface area contributed by atoms with Crippen LogP contribution in [0.5, 0.6) is 0 Å². The fraction of sp³-hybridized carbons (Fsp3) is 0.632. The first-order chi connectivity index (χ1) is 10.8. The quantitative estimate of drug-likeness (QED) is 0.846. The average Bonchev–Trinajstić information content (AvgIpc) is 2.98. The summed E-state index contributed by atoms with van der Waals surface area (Å²) in [6.07, 6.45) is 3.77. The van der Waals surface area contributed by atoms with Crippen molar-refractivity contribution >= 4 is 17.3 Å². The van der Waals surface area contributed by atoms with Gasteiger partial charge in [0.15, 0.2) is 0 Å². The number of rotatable bonds is 5. The number of nitrogen functional groups attached to an aromatic ring is 1. The highest BCUT2D eigenvalue weighted by molar-refractivity contribution is 5.77. The molecule has 128 valence electrons. The molecule has 2 N–H and O–H groups in total. The summed E-state index contributed by atoms with van der Waals surface area (Å²) in [5, 5.41) is 0. The minimum atomic E-state index is -0.121. The lowest BCUT2D eigenvalue weighted by atomic mass is 10.0. The smallest absolute Gasteiger partial charge is 0.223 e. The highest BCUT2D eigenvalue weighted by Gasteiger charge is 2.24. The zero-order valence-electron chi connectivity index (χ0n) is 15.1. The Morgan fingerprint density at radius 1 is 1.26 bits per heavy atom. The van der Waals surface area contributed by atoms with Crippen LogP contribution >= 0.6 is 0 Å². The zero-order chi connectivity index (χ0) is 17.0. The van der Waals surface area contributed by atoms with Crippen molar-refractivity contribution in [3.8, 4) is 0 Å². The van der Waals surface area contributed by atoms with Crippen LogP contribution in [-0.2, 0) is 11.2 Å². The number of amides is 1. The van der Waals surface area contributed by atoms with Crippen molar-refractivity contribution in [2.45, 2.75) is 58.9 Å². The largest absolute Gasteiger partial charge is 0.397 e. The Bertz CT molecular complexity index is 542. The van der Waals surface area contributed by atoms with Crippen molar-refractivity contribution in [1.82, 2.24) is 4.90 Å². The molecule has 1 aromatic carbocycles. The molecule has 0 aromatic heterocycles. The summed E-state index contributed by atoms with van der Waals surface area (Å²) in [4.78, 5) is 16.7. The van der Waals surface area contributed by atoms with Crippen LogP contribution in [0.2, 0.25) is 0 Å². The molecule has 4 heteroatoms. The summed E-state index contributed by atoms with van der Waals surface area (Å²) in [7, 11) is 0. The fourth-order valence-electron chi connectivity index (χ4n) is 3.42. The molecule has 1 aliphatic rings. The van der Waals surface area contributed by atoms with Crippen LogP contribution in [0, 0.1) is 0 Å². The molecule has 1 amide bonds. The number of carbonyl (C=O) groups excluding carboxylic acids is 1. The SMILES string of the molecule is CCN(C(=O)CCc1ccc(N2CCCC2)c(N)c1)C(C)(C)C. The third-order valence-corrected chi connectivity index (χ3v) is 4.59. The van der Waals surface area contributed by atoms with E-state index in [0.29, 0.717) is 6.42 Å². The van der Waals surface area contributed by atoms with Crippen LogP contribution in [0.25, 0.3) is 0 Å². The molecule has 1 heterocycles. The molecule has 0 atom stereocenters. The van der Waals surface area contributed by atoms with E-state index in [1.54, 1.807) is 0 Å². The summed E-state index contributed by atoms with van der Waals surface area (Å²) >= 11 is 0. The lowest BCUT2D eigenvalue weighted by Crippen LogP contribution is -2.45. The number of hydrogen-bond acceptors (Lipinski definition) is 3. The number of benzene rings is 1. The Morgan fingerprint density at radius 2 is 1.91 bits per heavy atom. The second kappa shape index (κ2) is 7.24. The van der Waals surface area contributed by atoms with Crippen molar-refractivity contribution in [2.75, 3.05) is 30.3 Å². The molecule has 1 aromatic rings. The van der Waals surface area contributed by atoms with Crippen LogP contribution < -0.4 is 10.6 Å². The second-order valence-corrected chi connectivity index (χ2v) is 7.40. The zero-order valence-corrected chi connectivity index (χ0v) is 15.1. The predicted octanol–water partition coefficient (Wildman–Crippen LogP) is 3.45. The van der Waals surface area contributed by atoms with Gasteiger partial charge in [-0.15, -0.1) is 0 Å². The summed E-state index contributed by atoms with van der Waals surface area (Å²) in [6, 6.07) is 6.26. The highest BCUT2D eigenvalue weighted by Crippen LogP contribution is 2.28. The highest BCUT2D eigenvalue weighted by atomic mass is 16.2. The van der Waals surface area contributed by atoms with Crippen molar-refractivity contribution < 1.29 is 4.79 Å². The third-order valence-electron chi connectivity index (χ3n) is 4.59. The van der Waals surface area contributed by atoms with E-state index in [4.69, 9.17) is 5.73 Å². The number of anilines is 2. The maximum Gasteiger partial charge on any atom is 0.223 e. The van der Waals surface area contributed by atoms with Gasteiger partial charge in [-0.25, -0.2) is 0 Å². The van der Waals surface area contributed by atoms with Gasteiger partial charge in [-0.1, -0.05) is 6.07 Å². The van der Waals surface area contributed by atoms with Crippen molar-refractivity contribution in [2.24, 2.45) is 0 Å². The van der Waals surface area contributed by atoms with Gasteiger partial charge in [0.25, 0.3) is 0 Å².